The van der Waals surface area contributed by atoms with E-state index in [2.05, 4.69) is 26.0 Å². The predicted molar refractivity (Wildman–Crippen MR) is 216 cm³/mol. The van der Waals surface area contributed by atoms with E-state index in [1.807, 2.05) is 0 Å². The van der Waals surface area contributed by atoms with E-state index in [-0.39, 0.29) is 5.97 Å². The first-order valence-corrected chi connectivity index (χ1v) is 22.6. The molecule has 0 N–H and O–H groups in total. The minimum Gasteiger partial charge on any atom is -0.466 e. The number of allylic oxidation sites excluding steroid dienone is 2. The van der Waals surface area contributed by atoms with Crippen molar-refractivity contribution in [1.29, 1.82) is 0 Å². The fraction of sp³-hybridized carbons (Fsp3) is 0.935. The summed E-state index contributed by atoms with van der Waals surface area (Å²) in [5.74, 6) is 0.0253. The first kappa shape index (κ1) is 47.2. The molecule has 0 amide bonds. The molecule has 0 saturated carbocycles. The van der Waals surface area contributed by atoms with Gasteiger partial charge >= 0.3 is 5.97 Å². The molecular weight excluding hydrogens is 585 g/mol. The summed E-state index contributed by atoms with van der Waals surface area (Å²) in [6.07, 6.45) is 59.0. The molecule has 0 aromatic heterocycles. The molecule has 0 aromatic carbocycles. The summed E-state index contributed by atoms with van der Waals surface area (Å²) in [5, 5.41) is 0. The van der Waals surface area contributed by atoms with Crippen LogP contribution in [0.15, 0.2) is 12.2 Å². The Balaban J connectivity index is 3.18. The van der Waals surface area contributed by atoms with Gasteiger partial charge in [0.2, 0.25) is 0 Å². The van der Waals surface area contributed by atoms with Crippen molar-refractivity contribution in [3.8, 4) is 0 Å². The summed E-state index contributed by atoms with van der Waals surface area (Å²) < 4.78 is 5.46. The van der Waals surface area contributed by atoms with Crippen LogP contribution < -0.4 is 0 Å². The van der Waals surface area contributed by atoms with Crippen LogP contribution >= 0.6 is 0 Å². The van der Waals surface area contributed by atoms with Crippen molar-refractivity contribution in [2.75, 3.05) is 6.61 Å². The average molecular weight is 675 g/mol. The normalized spacial score (nSPS) is 11.6. The summed E-state index contributed by atoms with van der Waals surface area (Å²) in [4.78, 5) is 12.0. The molecule has 0 saturated heterocycles. The van der Waals surface area contributed by atoms with Gasteiger partial charge in [-0.15, -0.1) is 0 Å². The van der Waals surface area contributed by atoms with Crippen LogP contribution in [0.25, 0.3) is 0 Å². The Morgan fingerprint density at radius 1 is 0.333 bits per heavy atom. The van der Waals surface area contributed by atoms with Gasteiger partial charge in [-0.2, -0.15) is 0 Å². The van der Waals surface area contributed by atoms with Crippen LogP contribution in [0.4, 0.5) is 0 Å². The molecule has 0 aliphatic rings. The summed E-state index contributed by atoms with van der Waals surface area (Å²) in [6, 6.07) is 0. The van der Waals surface area contributed by atoms with Crippen molar-refractivity contribution in [1.82, 2.24) is 0 Å². The highest BCUT2D eigenvalue weighted by atomic mass is 16.5. The Labute approximate surface area is 304 Å². The first-order valence-electron chi connectivity index (χ1n) is 22.6. The minimum absolute atomic E-state index is 0.0253. The second-order valence-electron chi connectivity index (χ2n) is 15.4. The quantitative estimate of drug-likeness (QED) is 0.0366. The molecule has 2 nitrogen and oxygen atoms in total. The summed E-state index contributed by atoms with van der Waals surface area (Å²) in [5.41, 5.74) is 0. The van der Waals surface area contributed by atoms with E-state index in [1.165, 1.54) is 238 Å². The number of hydrogen-bond donors (Lipinski definition) is 0. The number of carbonyl (C=O) groups is 1. The van der Waals surface area contributed by atoms with Gasteiger partial charge in [-0.1, -0.05) is 238 Å². The van der Waals surface area contributed by atoms with Crippen molar-refractivity contribution in [3.63, 3.8) is 0 Å². The topological polar surface area (TPSA) is 26.3 Å². The molecular formula is C46H90O2. The Hall–Kier alpha value is -0.790. The molecule has 0 rings (SSSR count). The maximum Gasteiger partial charge on any atom is 0.305 e. The van der Waals surface area contributed by atoms with Gasteiger partial charge in [0, 0.05) is 6.42 Å². The Morgan fingerprint density at radius 2 is 0.583 bits per heavy atom. The number of hydrogen-bond acceptors (Lipinski definition) is 2. The van der Waals surface area contributed by atoms with Crippen molar-refractivity contribution in [2.45, 2.75) is 271 Å². The lowest BCUT2D eigenvalue weighted by atomic mass is 10.0. The molecule has 0 bridgehead atoms. The van der Waals surface area contributed by atoms with Crippen LogP contribution in [0, 0.1) is 0 Å². The molecule has 2 heteroatoms. The van der Waals surface area contributed by atoms with E-state index in [0.29, 0.717) is 13.0 Å². The van der Waals surface area contributed by atoms with Crippen molar-refractivity contribution < 1.29 is 9.53 Å². The Kier molecular flexibility index (Phi) is 43.5. The van der Waals surface area contributed by atoms with E-state index >= 15 is 0 Å². The second kappa shape index (κ2) is 44.2. The van der Waals surface area contributed by atoms with E-state index in [9.17, 15) is 4.79 Å². The third kappa shape index (κ3) is 43.2. The Bertz CT molecular complexity index is 611. The van der Waals surface area contributed by atoms with Gasteiger partial charge in [0.15, 0.2) is 0 Å². The van der Waals surface area contributed by atoms with E-state index in [1.54, 1.807) is 0 Å². The molecule has 0 radical (unpaired) electrons. The molecule has 286 valence electrons. The molecule has 0 heterocycles. The number of rotatable bonds is 42. The van der Waals surface area contributed by atoms with Gasteiger partial charge in [0.1, 0.15) is 0 Å². The standard InChI is InChI=1S/C46H90O2/c1-3-5-7-9-11-13-15-17-19-20-21-22-23-24-25-26-27-28-29-30-31-32-34-36-38-40-42-44-46(47)48-45-43-41-39-37-35-33-18-16-14-12-10-8-6-4-2/h27-28H,3-26,29-45H2,1-2H3/b28-27-. The maximum atomic E-state index is 12.0. The number of carbonyl (C=O) groups excluding carboxylic acids is 1. The molecule has 0 atom stereocenters. The van der Waals surface area contributed by atoms with E-state index in [0.717, 1.165) is 12.8 Å². The molecule has 0 aromatic rings. The zero-order valence-corrected chi connectivity index (χ0v) is 33.5. The largest absolute Gasteiger partial charge is 0.466 e. The van der Waals surface area contributed by atoms with Crippen LogP contribution in [-0.4, -0.2) is 12.6 Å². The van der Waals surface area contributed by atoms with Crippen LogP contribution in [0.5, 0.6) is 0 Å². The van der Waals surface area contributed by atoms with Gasteiger partial charge in [-0.25, -0.2) is 0 Å². The molecule has 0 aliphatic carbocycles. The number of unbranched alkanes of at least 4 members (excludes halogenated alkanes) is 36. The second-order valence-corrected chi connectivity index (χ2v) is 15.4. The fourth-order valence-corrected chi connectivity index (χ4v) is 7.02. The van der Waals surface area contributed by atoms with E-state index in [4.69, 9.17) is 4.74 Å². The molecule has 0 fully saturated rings. The minimum atomic E-state index is 0.0253. The highest BCUT2D eigenvalue weighted by Crippen LogP contribution is 2.16. The van der Waals surface area contributed by atoms with Crippen LogP contribution in [0.3, 0.4) is 0 Å². The predicted octanol–water partition coefficient (Wildman–Crippen LogP) is 16.7. The van der Waals surface area contributed by atoms with Gasteiger partial charge in [0.05, 0.1) is 6.61 Å². The van der Waals surface area contributed by atoms with Crippen LogP contribution in [-0.2, 0) is 9.53 Å². The van der Waals surface area contributed by atoms with Crippen LogP contribution in [0.1, 0.15) is 271 Å². The third-order valence-electron chi connectivity index (χ3n) is 10.4. The number of ether oxygens (including phenoxy) is 1. The smallest absolute Gasteiger partial charge is 0.305 e. The lowest BCUT2D eigenvalue weighted by Crippen LogP contribution is -2.05. The fourth-order valence-electron chi connectivity index (χ4n) is 7.02. The van der Waals surface area contributed by atoms with Gasteiger partial charge in [-0.3, -0.25) is 4.79 Å². The monoisotopic (exact) mass is 675 g/mol. The van der Waals surface area contributed by atoms with Crippen LogP contribution in [0.2, 0.25) is 0 Å². The van der Waals surface area contributed by atoms with Crippen molar-refractivity contribution >= 4 is 5.97 Å². The molecule has 0 aliphatic heterocycles. The number of esters is 1. The molecule has 48 heavy (non-hydrogen) atoms. The lowest BCUT2D eigenvalue weighted by Gasteiger charge is -2.06. The van der Waals surface area contributed by atoms with Gasteiger partial charge in [0.25, 0.3) is 0 Å². The SMILES string of the molecule is CCCCCCCCCCCCCCCCC/C=C\CCCCCCCCCCC(=O)OCCCCCCCCCCCCCCCC. The van der Waals surface area contributed by atoms with Crippen molar-refractivity contribution in [2.24, 2.45) is 0 Å². The highest BCUT2D eigenvalue weighted by Gasteiger charge is 2.03. The Morgan fingerprint density at radius 3 is 0.896 bits per heavy atom. The van der Waals surface area contributed by atoms with E-state index < -0.39 is 0 Å². The zero-order chi connectivity index (χ0) is 34.7. The summed E-state index contributed by atoms with van der Waals surface area (Å²) >= 11 is 0. The van der Waals surface area contributed by atoms with Gasteiger partial charge in [-0.05, 0) is 38.5 Å². The summed E-state index contributed by atoms with van der Waals surface area (Å²) in [6.45, 7) is 5.22. The zero-order valence-electron chi connectivity index (χ0n) is 33.5. The maximum absolute atomic E-state index is 12.0. The van der Waals surface area contributed by atoms with Gasteiger partial charge < -0.3 is 4.74 Å². The molecule has 0 unspecified atom stereocenters. The third-order valence-corrected chi connectivity index (χ3v) is 10.4. The van der Waals surface area contributed by atoms with Crippen molar-refractivity contribution in [3.05, 3.63) is 12.2 Å². The molecule has 0 spiro atoms. The average Bonchev–Trinajstić information content (AvgIpc) is 3.09. The first-order chi connectivity index (χ1) is 23.8. The lowest BCUT2D eigenvalue weighted by molar-refractivity contribution is -0.143. The summed E-state index contributed by atoms with van der Waals surface area (Å²) in [7, 11) is 0. The highest BCUT2D eigenvalue weighted by molar-refractivity contribution is 5.69.